The van der Waals surface area contributed by atoms with E-state index in [9.17, 15) is 67.6 Å². The van der Waals surface area contributed by atoms with E-state index in [0.29, 0.717) is 65.8 Å². The van der Waals surface area contributed by atoms with Crippen LogP contribution in [-0.2, 0) is 30.5 Å². The smallest absolute Gasteiger partial charge is 0.278 e. The highest BCUT2D eigenvalue weighted by molar-refractivity contribution is 7.98. The van der Waals surface area contributed by atoms with Gasteiger partial charge in [0.15, 0.2) is 45.8 Å². The molecule has 4 amide bonds. The molecule has 0 saturated carbocycles. The molecule has 28 rings (SSSR count). The Hall–Kier alpha value is -15.4. The van der Waals surface area contributed by atoms with Gasteiger partial charge >= 0.3 is 0 Å². The maximum atomic E-state index is 14.7. The van der Waals surface area contributed by atoms with E-state index >= 15 is 0 Å². The van der Waals surface area contributed by atoms with Crippen LogP contribution in [0.1, 0.15) is 133 Å². The SMILES string of the molecule is Cc1ccc2c(c1)-c1sccc1-c1cc(F)ccc1[C@@H]2N1[C@@H]2COCCN2C(=O)c2c(O)c(=O)ccn21.Cc1ccc2c(c1)-c1sccc1-c1cc(F)ccc1[C@H]2N1[C@@H]2COCCN2C(=O)c2c(O)c(=O)ccn21.O=C1c2c(O)c(=O)ccn2N([C@@H]2c3ccccc3SCc3c(-c4ccccc4)cccc32)[C@@H]2COCCN12.O=C1c2c(O)c(=O)ccn2N([C@@H]2c3ccccc3SCc3c(-c4cccs4)cccc32)[C@@H]2COCCN12. The Labute approximate surface area is 871 Å². The molecule has 0 bridgehead atoms. The quantitative estimate of drug-likeness (QED) is 0.120. The summed E-state index contributed by atoms with van der Waals surface area (Å²) in [5, 5.41) is 57.4. The maximum Gasteiger partial charge on any atom is 0.278 e. The Morgan fingerprint density at radius 2 is 0.644 bits per heavy atom. The van der Waals surface area contributed by atoms with Crippen LogP contribution in [0.15, 0.2) is 306 Å². The molecule has 16 aromatic rings. The summed E-state index contributed by atoms with van der Waals surface area (Å²) in [6.45, 7) is 8.12. The third-order valence-electron chi connectivity index (χ3n) is 29.8. The van der Waals surface area contributed by atoms with Gasteiger partial charge in [0.1, 0.15) is 36.3 Å². The lowest BCUT2D eigenvalue weighted by Crippen LogP contribution is -2.66. The van der Waals surface area contributed by atoms with Crippen LogP contribution in [0, 0.1) is 25.5 Å². The van der Waals surface area contributed by atoms with Crippen LogP contribution in [0.4, 0.5) is 8.78 Å². The number of nitrogens with zero attached hydrogens (tertiary/aromatic N) is 12. The van der Waals surface area contributed by atoms with E-state index in [1.165, 1.54) is 75.9 Å². The molecule has 0 radical (unpaired) electrons. The number of rotatable bonds is 6. The molecule has 9 aromatic carbocycles. The van der Waals surface area contributed by atoms with E-state index < -0.39 is 93.3 Å². The first-order valence-electron chi connectivity index (χ1n) is 48.8. The number of morpholine rings is 4. The number of pyridine rings is 4. The predicted octanol–water partition coefficient (Wildman–Crippen LogP) is 17.3. The summed E-state index contributed by atoms with van der Waals surface area (Å²) in [6.07, 6.45) is 4.41. The first-order valence-corrected chi connectivity index (χ1v) is 53.5. The molecule has 748 valence electrons. The van der Waals surface area contributed by atoms with Crippen molar-refractivity contribution in [3.8, 4) is 87.7 Å². The molecular formula is C114H92F2N12O16S5. The third kappa shape index (κ3) is 15.7. The van der Waals surface area contributed by atoms with E-state index in [0.717, 1.165) is 126 Å². The van der Waals surface area contributed by atoms with Crippen LogP contribution in [0.5, 0.6) is 23.0 Å². The van der Waals surface area contributed by atoms with Gasteiger partial charge in [-0.15, -0.1) is 57.5 Å². The molecule has 8 atom stereocenters. The van der Waals surface area contributed by atoms with E-state index in [1.54, 1.807) is 132 Å². The summed E-state index contributed by atoms with van der Waals surface area (Å²) in [7, 11) is 0. The fraction of sp³-hybridized carbons (Fsp3) is 0.211. The van der Waals surface area contributed by atoms with Gasteiger partial charge in [-0.05, 0) is 179 Å². The zero-order valence-corrected chi connectivity index (χ0v) is 84.0. The van der Waals surface area contributed by atoms with Gasteiger partial charge in [0.2, 0.25) is 21.7 Å². The number of ether oxygens (including phenoxy) is 4. The zero-order valence-electron chi connectivity index (χ0n) is 79.9. The summed E-state index contributed by atoms with van der Waals surface area (Å²) in [4.78, 5) is 116. The van der Waals surface area contributed by atoms with Crippen LogP contribution >= 0.6 is 57.5 Å². The average molecular weight is 2080 g/mol. The minimum atomic E-state index is -0.618. The molecule has 28 nitrogen and oxygen atoms in total. The minimum Gasteiger partial charge on any atom is -0.502 e. The fourth-order valence-electron chi connectivity index (χ4n) is 23.2. The molecule has 149 heavy (non-hydrogen) atoms. The summed E-state index contributed by atoms with van der Waals surface area (Å²) in [5.41, 5.74) is 19.2. The molecule has 7 aromatic heterocycles. The van der Waals surface area contributed by atoms with Crippen LogP contribution in [-0.4, -0.2) is 186 Å². The van der Waals surface area contributed by atoms with Gasteiger partial charge in [0.05, 0.1) is 77.0 Å². The van der Waals surface area contributed by atoms with Gasteiger partial charge in [0.25, 0.3) is 23.6 Å². The Morgan fingerprint density at radius 1 is 0.302 bits per heavy atom. The lowest BCUT2D eigenvalue weighted by molar-refractivity contribution is -0.0198. The number of hydrogen-bond donors (Lipinski definition) is 4. The van der Waals surface area contributed by atoms with Gasteiger partial charge in [-0.2, -0.15) is 0 Å². The number of aromatic hydroxyl groups is 4. The highest BCUT2D eigenvalue weighted by Gasteiger charge is 2.53. The molecule has 35 heteroatoms. The Morgan fingerprint density at radius 3 is 1.03 bits per heavy atom. The summed E-state index contributed by atoms with van der Waals surface area (Å²) in [6, 6.07) is 73.8. The van der Waals surface area contributed by atoms with Crippen LogP contribution in [0.3, 0.4) is 0 Å². The largest absolute Gasteiger partial charge is 0.502 e. The Balaban J connectivity index is 0.000000103. The van der Waals surface area contributed by atoms with Crippen molar-refractivity contribution in [1.29, 1.82) is 0 Å². The number of benzene rings is 9. The number of fused-ring (bicyclic) bond motifs is 22. The lowest BCUT2D eigenvalue weighted by Gasteiger charge is -2.51. The minimum absolute atomic E-state index is 0.00371. The highest BCUT2D eigenvalue weighted by atomic mass is 32.2. The average Bonchev–Trinajstić information content (AvgIpc) is 1.41. The molecule has 4 saturated heterocycles. The van der Waals surface area contributed by atoms with Crippen molar-refractivity contribution in [2.75, 3.05) is 99.1 Å². The second kappa shape index (κ2) is 38.0. The monoisotopic (exact) mass is 2080 g/mol. The number of amides is 4. The van der Waals surface area contributed by atoms with Crippen molar-refractivity contribution < 1.29 is 67.3 Å². The molecule has 0 spiro atoms. The number of hydrogen-bond acceptors (Lipinski definition) is 25. The number of thiophene rings is 3. The van der Waals surface area contributed by atoms with Crippen LogP contribution in [0.25, 0.3) is 64.7 Å². The zero-order chi connectivity index (χ0) is 102. The first-order chi connectivity index (χ1) is 72.6. The van der Waals surface area contributed by atoms with E-state index in [4.69, 9.17) is 18.9 Å². The predicted molar refractivity (Wildman–Crippen MR) is 566 cm³/mol. The number of halogens is 2. The number of carbonyl (C=O) groups is 4. The van der Waals surface area contributed by atoms with Crippen molar-refractivity contribution in [1.82, 2.24) is 38.3 Å². The molecule has 0 unspecified atom stereocenters. The molecule has 4 fully saturated rings. The molecular weight excluding hydrogens is 1990 g/mol. The number of aromatic nitrogens is 4. The van der Waals surface area contributed by atoms with Gasteiger partial charge < -0.3 is 59.0 Å². The van der Waals surface area contributed by atoms with Crippen molar-refractivity contribution >= 4 is 81.2 Å². The van der Waals surface area contributed by atoms with Crippen LogP contribution < -0.4 is 41.8 Å². The van der Waals surface area contributed by atoms with Gasteiger partial charge in [-0.1, -0.05) is 169 Å². The van der Waals surface area contributed by atoms with Crippen molar-refractivity contribution in [3.63, 3.8) is 0 Å². The van der Waals surface area contributed by atoms with Gasteiger partial charge in [-0.25, -0.2) is 8.78 Å². The van der Waals surface area contributed by atoms with Gasteiger partial charge in [0, 0.05) is 122 Å². The second-order valence-electron chi connectivity index (χ2n) is 37.9. The summed E-state index contributed by atoms with van der Waals surface area (Å²) < 4.78 is 59.4. The molecule has 4 N–H and O–H groups in total. The van der Waals surface area contributed by atoms with E-state index in [1.807, 2.05) is 101 Å². The summed E-state index contributed by atoms with van der Waals surface area (Å²) in [5.74, 6) is -2.87. The number of aryl methyl sites for hydroxylation is 2. The normalized spacial score (nSPS) is 20.1. The molecule has 17 heterocycles. The Bertz CT molecular complexity index is 8080. The Kier molecular flexibility index (Phi) is 24.1. The lowest BCUT2D eigenvalue weighted by atomic mass is 9.89. The number of thioether (sulfide) groups is 2. The standard InChI is InChI=1S/C30H25N3O4S.2C28H22FN3O4S.C28H23N3O4S2/c34-24-13-14-32-28(29(24)35)30(36)31-15-16-37-17-26(31)33(32)27-21-11-6-10-20(19-7-2-1-3-8-19)23(21)18-38-25-12-5-4-9-22(25)27;2*1-15-2-4-18-21(12-15)27-19(7-11-37-27)20-13-16(29)3-5-17(20)24(18)32-23-14-36-10-9-30(23)28(35)25-26(34)22(33)6-8-31(25)32;32-21-10-11-30-26(27(21)33)28(34)29-12-13-35-15-24(29)31(30)25-18-7-3-6-17(22-9-4-14-36-22)20(18)16-37-23-8-2-1-5-19(23)25/h1-14,26-27,35H,15-18H2;2*2-8,11-13,23-24,34H,9-10,14H2,1H3;1-11,14,24-25,33H,12-13,15-16H2/t26-,27+;23-,24+;23-,24-;24-,25+/m1111/s1. The first kappa shape index (κ1) is 94.5. The molecule has 10 aliphatic heterocycles. The maximum absolute atomic E-state index is 14.7. The number of carbonyl (C=O) groups excluding carboxylic acids is 4. The van der Waals surface area contributed by atoms with E-state index in [-0.39, 0.29) is 71.5 Å². The molecule has 12 aliphatic rings. The topological polar surface area (TPSA) is 300 Å². The van der Waals surface area contributed by atoms with Crippen molar-refractivity contribution in [2.45, 2.75) is 84.0 Å². The van der Waals surface area contributed by atoms with Gasteiger partial charge in [-0.3, -0.25) is 77.1 Å². The second-order valence-corrected chi connectivity index (χ2v) is 42.8. The van der Waals surface area contributed by atoms with Crippen LogP contribution in [0.2, 0.25) is 0 Å². The highest BCUT2D eigenvalue weighted by Crippen LogP contribution is 2.56. The third-order valence-corrected chi connectivity index (χ3v) is 34.9. The van der Waals surface area contributed by atoms with E-state index in [2.05, 4.69) is 125 Å². The molecule has 2 aliphatic carbocycles. The summed E-state index contributed by atoms with van der Waals surface area (Å²) >= 11 is 8.53. The fourth-order valence-corrected chi connectivity index (χ4v) is 28.1. The van der Waals surface area contributed by atoms with Crippen molar-refractivity contribution in [2.24, 2.45) is 0 Å². The van der Waals surface area contributed by atoms with Crippen molar-refractivity contribution in [3.05, 3.63) is 420 Å².